The molecule has 1 N–H and O–H groups in total. The molecule has 1 aliphatic rings. The lowest BCUT2D eigenvalue weighted by molar-refractivity contribution is -0.0582. The van der Waals surface area contributed by atoms with Crippen molar-refractivity contribution in [2.24, 2.45) is 4.99 Å². The van der Waals surface area contributed by atoms with Crippen molar-refractivity contribution in [1.29, 1.82) is 0 Å². The van der Waals surface area contributed by atoms with Crippen molar-refractivity contribution in [3.63, 3.8) is 0 Å². The zero-order valence-corrected chi connectivity index (χ0v) is 15.8. The largest absolute Gasteiger partial charge is 0.433 e. The van der Waals surface area contributed by atoms with E-state index in [2.05, 4.69) is 33.9 Å². The third-order valence-corrected chi connectivity index (χ3v) is 4.26. The number of nitrogens with one attached hydrogen (secondary N) is 1. The molecular formula is C21H24F3N3. The van der Waals surface area contributed by atoms with Crippen LogP contribution in [0.1, 0.15) is 12.5 Å². The Labute approximate surface area is 158 Å². The molecule has 0 atom stereocenters. The average Bonchev–Trinajstić information content (AvgIpc) is 3.02. The predicted molar refractivity (Wildman–Crippen MR) is 106 cm³/mol. The van der Waals surface area contributed by atoms with Gasteiger partial charge < -0.3 is 10.2 Å². The van der Waals surface area contributed by atoms with Gasteiger partial charge in [0.15, 0.2) is 0 Å². The molecule has 0 aromatic heterocycles. The first kappa shape index (κ1) is 20.6. The minimum atomic E-state index is -4.53. The number of benzene rings is 1. The molecule has 0 unspecified atom stereocenters. The van der Waals surface area contributed by atoms with Crippen LogP contribution >= 0.6 is 0 Å². The molecule has 0 bridgehead atoms. The minimum Gasteiger partial charge on any atom is -0.388 e. The molecule has 3 nitrogen and oxygen atoms in total. The Balaban J connectivity index is 2.26. The second kappa shape index (κ2) is 8.75. The molecule has 1 aromatic rings. The fourth-order valence-corrected chi connectivity index (χ4v) is 2.92. The first-order valence-corrected chi connectivity index (χ1v) is 8.60. The molecule has 1 heterocycles. The number of fused-ring (bicyclic) bond motifs is 1. The average molecular weight is 375 g/mol. The van der Waals surface area contributed by atoms with Crippen LogP contribution in [0.15, 0.2) is 77.1 Å². The number of hydrogen-bond donors (Lipinski definition) is 1. The molecule has 144 valence electrons. The molecule has 0 radical (unpaired) electrons. The van der Waals surface area contributed by atoms with Crippen molar-refractivity contribution in [3.05, 3.63) is 77.7 Å². The van der Waals surface area contributed by atoms with Gasteiger partial charge in [0.05, 0.1) is 0 Å². The van der Waals surface area contributed by atoms with E-state index >= 15 is 0 Å². The molecular weight excluding hydrogens is 351 g/mol. The minimum absolute atomic E-state index is 0.0366. The Kier molecular flexibility index (Phi) is 6.66. The number of likely N-dealkylation sites (N-methyl/N-ethyl adjacent to an activating group) is 1. The van der Waals surface area contributed by atoms with E-state index in [0.717, 1.165) is 25.7 Å². The van der Waals surface area contributed by atoms with Gasteiger partial charge in [-0.15, -0.1) is 0 Å². The van der Waals surface area contributed by atoms with Gasteiger partial charge in [-0.2, -0.15) is 13.2 Å². The van der Waals surface area contributed by atoms with Crippen LogP contribution in [-0.4, -0.2) is 32.5 Å². The van der Waals surface area contributed by atoms with Crippen LogP contribution in [-0.2, 0) is 6.42 Å². The third kappa shape index (κ3) is 5.12. The molecule has 0 saturated carbocycles. The standard InChI is InChI=1S/C21H24F3N3/c1-15(2)18(20(26-4)21(22,23)24)14-17(25-3)9-7-12-27-13-11-16-8-5-6-10-19(16)27/h5-10,12,14,25H,1,11,13H2,2-4H3/b12-7+,17-9-,18-14+,26-20?. The van der Waals surface area contributed by atoms with Gasteiger partial charge in [-0.1, -0.05) is 24.8 Å². The third-order valence-electron chi connectivity index (χ3n) is 4.26. The highest BCUT2D eigenvalue weighted by Gasteiger charge is 2.37. The topological polar surface area (TPSA) is 27.6 Å². The van der Waals surface area contributed by atoms with Gasteiger partial charge in [-0.3, -0.25) is 4.99 Å². The molecule has 0 saturated heterocycles. The number of aliphatic imine (C=N–C) groups is 1. The van der Waals surface area contributed by atoms with E-state index in [4.69, 9.17) is 0 Å². The quantitative estimate of drug-likeness (QED) is 0.571. The van der Waals surface area contributed by atoms with Gasteiger partial charge in [0.25, 0.3) is 0 Å². The second-order valence-corrected chi connectivity index (χ2v) is 6.19. The first-order valence-electron chi connectivity index (χ1n) is 8.60. The van der Waals surface area contributed by atoms with E-state index in [9.17, 15) is 13.2 Å². The zero-order chi connectivity index (χ0) is 20.0. The normalized spacial score (nSPS) is 16.1. The van der Waals surface area contributed by atoms with Crippen LogP contribution in [0.3, 0.4) is 0 Å². The van der Waals surface area contributed by atoms with E-state index in [1.54, 1.807) is 13.1 Å². The Morgan fingerprint density at radius 1 is 1.30 bits per heavy atom. The van der Waals surface area contributed by atoms with Crippen LogP contribution in [0.4, 0.5) is 18.9 Å². The first-order chi connectivity index (χ1) is 12.8. The molecule has 0 fully saturated rings. The number of allylic oxidation sites excluding steroid dienone is 5. The summed E-state index contributed by atoms with van der Waals surface area (Å²) in [5, 5.41) is 2.91. The molecule has 0 spiro atoms. The molecule has 0 amide bonds. The van der Waals surface area contributed by atoms with Crippen LogP contribution in [0.25, 0.3) is 0 Å². The summed E-state index contributed by atoms with van der Waals surface area (Å²) in [7, 11) is 2.79. The summed E-state index contributed by atoms with van der Waals surface area (Å²) in [5.41, 5.74) is 2.30. The zero-order valence-electron chi connectivity index (χ0n) is 15.8. The summed E-state index contributed by atoms with van der Waals surface area (Å²) in [4.78, 5) is 5.54. The second-order valence-electron chi connectivity index (χ2n) is 6.19. The maximum atomic E-state index is 13.2. The van der Waals surface area contributed by atoms with Crippen molar-refractivity contribution >= 4 is 11.4 Å². The predicted octanol–water partition coefficient (Wildman–Crippen LogP) is 4.80. The van der Waals surface area contributed by atoms with Crippen LogP contribution < -0.4 is 10.2 Å². The Morgan fingerprint density at radius 2 is 2.00 bits per heavy atom. The molecule has 6 heteroatoms. The van der Waals surface area contributed by atoms with Crippen molar-refractivity contribution in [2.75, 3.05) is 25.5 Å². The number of nitrogens with zero attached hydrogens (tertiary/aromatic N) is 2. The van der Waals surface area contributed by atoms with Crippen molar-refractivity contribution in [1.82, 2.24) is 5.32 Å². The molecule has 27 heavy (non-hydrogen) atoms. The Morgan fingerprint density at radius 3 is 2.59 bits per heavy atom. The van der Waals surface area contributed by atoms with Gasteiger partial charge in [0.2, 0.25) is 0 Å². The van der Waals surface area contributed by atoms with Crippen LogP contribution in [0.2, 0.25) is 0 Å². The van der Waals surface area contributed by atoms with Crippen molar-refractivity contribution in [3.8, 4) is 0 Å². The van der Waals surface area contributed by atoms with E-state index in [1.165, 1.54) is 18.6 Å². The summed E-state index contributed by atoms with van der Waals surface area (Å²) in [6.07, 6.45) is 3.33. The fourth-order valence-electron chi connectivity index (χ4n) is 2.92. The van der Waals surface area contributed by atoms with E-state index < -0.39 is 11.9 Å². The molecule has 1 aliphatic heterocycles. The maximum absolute atomic E-state index is 13.2. The number of rotatable bonds is 6. The summed E-state index contributed by atoms with van der Waals surface area (Å²) in [6.45, 7) is 6.08. The summed E-state index contributed by atoms with van der Waals surface area (Å²) >= 11 is 0. The summed E-state index contributed by atoms with van der Waals surface area (Å²) in [6, 6.07) is 8.16. The van der Waals surface area contributed by atoms with Crippen molar-refractivity contribution < 1.29 is 13.2 Å². The van der Waals surface area contributed by atoms with Gasteiger partial charge >= 0.3 is 6.18 Å². The number of halogens is 3. The molecule has 2 rings (SSSR count). The maximum Gasteiger partial charge on any atom is 0.433 e. The smallest absolute Gasteiger partial charge is 0.388 e. The number of alkyl halides is 3. The van der Waals surface area contributed by atoms with Gasteiger partial charge in [0.1, 0.15) is 5.71 Å². The van der Waals surface area contributed by atoms with E-state index in [1.807, 2.05) is 24.4 Å². The summed E-state index contributed by atoms with van der Waals surface area (Å²) < 4.78 is 39.6. The van der Waals surface area contributed by atoms with E-state index in [0.29, 0.717) is 11.3 Å². The number of anilines is 1. The van der Waals surface area contributed by atoms with Crippen LogP contribution in [0, 0.1) is 0 Å². The Bertz CT molecular complexity index is 814. The lowest BCUT2D eigenvalue weighted by atomic mass is 10.0. The van der Waals surface area contributed by atoms with Crippen LogP contribution in [0.5, 0.6) is 0 Å². The highest BCUT2D eigenvalue weighted by molar-refractivity contribution is 6.07. The van der Waals surface area contributed by atoms with Gasteiger partial charge in [-0.05, 0) is 48.8 Å². The van der Waals surface area contributed by atoms with Gasteiger partial charge in [0, 0.05) is 43.8 Å². The lowest BCUT2D eigenvalue weighted by Crippen LogP contribution is -2.26. The monoisotopic (exact) mass is 375 g/mol. The number of para-hydroxylation sites is 1. The highest BCUT2D eigenvalue weighted by atomic mass is 19.4. The highest BCUT2D eigenvalue weighted by Crippen LogP contribution is 2.28. The molecule has 0 aliphatic carbocycles. The SMILES string of the molecule is C=C(C)\C(=C/C(=C/C=C/N1CCc2ccccc21)NC)C(=NC)C(F)(F)F. The van der Waals surface area contributed by atoms with Gasteiger partial charge in [-0.25, -0.2) is 0 Å². The molecule has 1 aromatic carbocycles. The fraction of sp³-hybridized carbons (Fsp3) is 0.286. The lowest BCUT2D eigenvalue weighted by Gasteiger charge is -2.15. The summed E-state index contributed by atoms with van der Waals surface area (Å²) in [5.74, 6) is 0. The van der Waals surface area contributed by atoms with E-state index in [-0.39, 0.29) is 5.57 Å². The number of hydrogen-bond acceptors (Lipinski definition) is 3. The van der Waals surface area contributed by atoms with Crippen molar-refractivity contribution in [2.45, 2.75) is 19.5 Å². The Hall–Kier alpha value is -2.76.